The van der Waals surface area contributed by atoms with Crippen molar-refractivity contribution in [2.45, 2.75) is 0 Å². The molecule has 1 N–H and O–H groups in total. The lowest BCUT2D eigenvalue weighted by Crippen LogP contribution is -2.07. The number of hydrogen-bond donors (Lipinski definition) is 1. The van der Waals surface area contributed by atoms with Crippen LogP contribution in [0.2, 0.25) is 0 Å². The van der Waals surface area contributed by atoms with Gasteiger partial charge in [0.15, 0.2) is 0 Å². The topological polar surface area (TPSA) is 38.3 Å². The van der Waals surface area contributed by atoms with E-state index in [4.69, 9.17) is 4.74 Å². The van der Waals surface area contributed by atoms with Gasteiger partial charge in [0.25, 0.3) is 0 Å². The van der Waals surface area contributed by atoms with Crippen molar-refractivity contribution >= 4 is 17.7 Å². The minimum absolute atomic E-state index is 0.262. The Labute approximate surface area is 116 Å². The molecule has 0 fully saturated rings. The third kappa shape index (κ3) is 3.95. The molecule has 0 saturated carbocycles. The summed E-state index contributed by atoms with van der Waals surface area (Å²) in [5, 5.41) is 2.72. The summed E-state index contributed by atoms with van der Waals surface area (Å²) in [6, 6.07) is 13.0. The van der Waals surface area contributed by atoms with Gasteiger partial charge in [-0.1, -0.05) is 18.2 Å². The average molecular weight is 271 g/mol. The molecular formula is C16H14FNO2. The Kier molecular flexibility index (Phi) is 4.50. The van der Waals surface area contributed by atoms with Gasteiger partial charge in [0.1, 0.15) is 11.6 Å². The molecule has 4 heteroatoms. The third-order valence-corrected chi connectivity index (χ3v) is 2.63. The standard InChI is InChI=1S/C16H14FNO2/c1-20-15-4-2-3-14(11-15)18-16(19)10-7-12-5-8-13(17)9-6-12/h2-11H,1H3,(H,18,19)/b10-7+. The first kappa shape index (κ1) is 13.8. The van der Waals surface area contributed by atoms with Gasteiger partial charge < -0.3 is 10.1 Å². The predicted octanol–water partition coefficient (Wildman–Crippen LogP) is 3.49. The highest BCUT2D eigenvalue weighted by Gasteiger charge is 1.99. The number of methoxy groups -OCH3 is 1. The molecular weight excluding hydrogens is 257 g/mol. The second-order valence-corrected chi connectivity index (χ2v) is 4.11. The highest BCUT2D eigenvalue weighted by Crippen LogP contribution is 2.16. The molecule has 0 aliphatic rings. The second-order valence-electron chi connectivity index (χ2n) is 4.11. The molecule has 2 aromatic carbocycles. The molecule has 3 nitrogen and oxygen atoms in total. The van der Waals surface area contributed by atoms with E-state index in [1.165, 1.54) is 18.2 Å². The van der Waals surface area contributed by atoms with E-state index in [0.29, 0.717) is 11.4 Å². The number of hydrogen-bond acceptors (Lipinski definition) is 2. The number of halogens is 1. The zero-order valence-electron chi connectivity index (χ0n) is 11.0. The van der Waals surface area contributed by atoms with Crippen molar-refractivity contribution in [1.82, 2.24) is 0 Å². The fourth-order valence-corrected chi connectivity index (χ4v) is 1.63. The van der Waals surface area contributed by atoms with E-state index in [9.17, 15) is 9.18 Å². The number of nitrogens with one attached hydrogen (secondary N) is 1. The number of carbonyl (C=O) groups is 1. The molecule has 0 saturated heterocycles. The van der Waals surface area contributed by atoms with Crippen molar-refractivity contribution in [2.24, 2.45) is 0 Å². The van der Waals surface area contributed by atoms with Crippen LogP contribution in [0.3, 0.4) is 0 Å². The van der Waals surface area contributed by atoms with Gasteiger partial charge in [0.05, 0.1) is 7.11 Å². The third-order valence-electron chi connectivity index (χ3n) is 2.63. The number of anilines is 1. The minimum atomic E-state index is -0.303. The van der Waals surface area contributed by atoms with Crippen LogP contribution in [0.1, 0.15) is 5.56 Å². The van der Waals surface area contributed by atoms with E-state index < -0.39 is 0 Å². The molecule has 0 aliphatic carbocycles. The van der Waals surface area contributed by atoms with Crippen LogP contribution in [-0.4, -0.2) is 13.0 Å². The van der Waals surface area contributed by atoms with Crippen LogP contribution in [0.4, 0.5) is 10.1 Å². The summed E-state index contributed by atoms with van der Waals surface area (Å²) in [6.45, 7) is 0. The quantitative estimate of drug-likeness (QED) is 0.864. The molecule has 20 heavy (non-hydrogen) atoms. The van der Waals surface area contributed by atoms with Crippen LogP contribution < -0.4 is 10.1 Å². The molecule has 0 bridgehead atoms. The average Bonchev–Trinajstić information content (AvgIpc) is 2.47. The summed E-state index contributed by atoms with van der Waals surface area (Å²) in [5.74, 6) is 0.107. The van der Waals surface area contributed by atoms with Gasteiger partial charge in [-0.25, -0.2) is 4.39 Å². The van der Waals surface area contributed by atoms with E-state index >= 15 is 0 Å². The van der Waals surface area contributed by atoms with Gasteiger partial charge in [0.2, 0.25) is 5.91 Å². The largest absolute Gasteiger partial charge is 0.497 e. The first-order valence-electron chi connectivity index (χ1n) is 6.06. The summed E-state index contributed by atoms with van der Waals surface area (Å²) in [5.41, 5.74) is 1.41. The minimum Gasteiger partial charge on any atom is -0.497 e. The monoisotopic (exact) mass is 271 g/mol. The fraction of sp³-hybridized carbons (Fsp3) is 0.0625. The van der Waals surface area contributed by atoms with E-state index in [1.54, 1.807) is 49.6 Å². The number of amides is 1. The summed E-state index contributed by atoms with van der Waals surface area (Å²) in [4.78, 5) is 11.7. The lowest BCUT2D eigenvalue weighted by atomic mass is 10.2. The van der Waals surface area contributed by atoms with Gasteiger partial charge in [0, 0.05) is 17.8 Å². The van der Waals surface area contributed by atoms with E-state index in [0.717, 1.165) is 5.56 Å². The van der Waals surface area contributed by atoms with Crippen molar-refractivity contribution in [3.8, 4) is 5.75 Å². The van der Waals surface area contributed by atoms with E-state index in [1.807, 2.05) is 0 Å². The fourth-order valence-electron chi connectivity index (χ4n) is 1.63. The molecule has 2 aromatic rings. The molecule has 0 radical (unpaired) electrons. The molecule has 0 spiro atoms. The van der Waals surface area contributed by atoms with Gasteiger partial charge in [-0.3, -0.25) is 4.79 Å². The van der Waals surface area contributed by atoms with Crippen LogP contribution >= 0.6 is 0 Å². The number of benzene rings is 2. The van der Waals surface area contributed by atoms with E-state index in [2.05, 4.69) is 5.32 Å². The Morgan fingerprint density at radius 3 is 2.65 bits per heavy atom. The van der Waals surface area contributed by atoms with Crippen LogP contribution in [-0.2, 0) is 4.79 Å². The second kappa shape index (κ2) is 6.52. The summed E-state index contributed by atoms with van der Waals surface area (Å²) in [7, 11) is 1.56. The maximum Gasteiger partial charge on any atom is 0.248 e. The van der Waals surface area contributed by atoms with Crippen molar-refractivity contribution in [1.29, 1.82) is 0 Å². The van der Waals surface area contributed by atoms with Crippen LogP contribution in [0, 0.1) is 5.82 Å². The maximum atomic E-state index is 12.7. The Bertz CT molecular complexity index is 621. The smallest absolute Gasteiger partial charge is 0.248 e. The van der Waals surface area contributed by atoms with Gasteiger partial charge >= 0.3 is 0 Å². The maximum absolute atomic E-state index is 12.7. The van der Waals surface area contributed by atoms with Crippen LogP contribution in [0.15, 0.2) is 54.6 Å². The molecule has 102 valence electrons. The van der Waals surface area contributed by atoms with Crippen molar-refractivity contribution < 1.29 is 13.9 Å². The zero-order chi connectivity index (χ0) is 14.4. The molecule has 1 amide bonds. The van der Waals surface area contributed by atoms with E-state index in [-0.39, 0.29) is 11.7 Å². The summed E-state index contributed by atoms with van der Waals surface area (Å²) >= 11 is 0. The first-order valence-corrected chi connectivity index (χ1v) is 6.06. The Hall–Kier alpha value is -2.62. The van der Waals surface area contributed by atoms with Crippen LogP contribution in [0.5, 0.6) is 5.75 Å². The first-order chi connectivity index (χ1) is 9.67. The summed E-state index contributed by atoms with van der Waals surface area (Å²) in [6.07, 6.45) is 3.02. The van der Waals surface area contributed by atoms with Crippen molar-refractivity contribution in [3.63, 3.8) is 0 Å². The summed E-state index contributed by atoms with van der Waals surface area (Å²) < 4.78 is 17.8. The normalized spacial score (nSPS) is 10.5. The molecule has 2 rings (SSSR count). The predicted molar refractivity (Wildman–Crippen MR) is 77.1 cm³/mol. The highest BCUT2D eigenvalue weighted by molar-refractivity contribution is 6.02. The van der Waals surface area contributed by atoms with Crippen LogP contribution in [0.25, 0.3) is 6.08 Å². The van der Waals surface area contributed by atoms with Crippen molar-refractivity contribution in [2.75, 3.05) is 12.4 Å². The Morgan fingerprint density at radius 2 is 1.95 bits per heavy atom. The number of rotatable bonds is 4. The molecule has 0 heterocycles. The molecule has 0 unspecified atom stereocenters. The number of ether oxygens (including phenoxy) is 1. The van der Waals surface area contributed by atoms with Gasteiger partial charge in [-0.15, -0.1) is 0 Å². The molecule has 0 aromatic heterocycles. The highest BCUT2D eigenvalue weighted by atomic mass is 19.1. The lowest BCUT2D eigenvalue weighted by Gasteiger charge is -2.04. The molecule has 0 atom stereocenters. The molecule has 0 aliphatic heterocycles. The zero-order valence-corrected chi connectivity index (χ0v) is 11.0. The lowest BCUT2D eigenvalue weighted by molar-refractivity contribution is -0.111. The SMILES string of the molecule is COc1cccc(NC(=O)/C=C/c2ccc(F)cc2)c1. The van der Waals surface area contributed by atoms with Gasteiger partial charge in [-0.05, 0) is 35.9 Å². The Balaban J connectivity index is 1.99. The van der Waals surface area contributed by atoms with Crippen molar-refractivity contribution in [3.05, 3.63) is 66.0 Å². The number of carbonyl (C=O) groups excluding carboxylic acids is 1. The van der Waals surface area contributed by atoms with Gasteiger partial charge in [-0.2, -0.15) is 0 Å². The Morgan fingerprint density at radius 1 is 1.20 bits per heavy atom.